The Balaban J connectivity index is 1.75. The number of halogens is 1. The Labute approximate surface area is 171 Å². The maximum atomic E-state index is 14.6. The van der Waals surface area contributed by atoms with E-state index in [0.29, 0.717) is 22.4 Å². The molecule has 1 atom stereocenters. The van der Waals surface area contributed by atoms with E-state index in [1.165, 1.54) is 17.1 Å². The molecule has 0 radical (unpaired) electrons. The zero-order valence-corrected chi connectivity index (χ0v) is 16.7. The lowest BCUT2D eigenvalue weighted by Gasteiger charge is -2.15. The minimum absolute atomic E-state index is 0.148. The van der Waals surface area contributed by atoms with Crippen LogP contribution in [0, 0.1) is 12.7 Å². The van der Waals surface area contributed by atoms with Gasteiger partial charge in [0.2, 0.25) is 0 Å². The van der Waals surface area contributed by atoms with Crippen LogP contribution in [0.2, 0.25) is 0 Å². The Morgan fingerprint density at radius 2 is 2.07 bits per heavy atom. The molecule has 2 heterocycles. The first-order chi connectivity index (χ1) is 14.0. The van der Waals surface area contributed by atoms with Crippen molar-refractivity contribution in [3.05, 3.63) is 82.1 Å². The van der Waals surface area contributed by atoms with Gasteiger partial charge in [-0.3, -0.25) is 4.79 Å². The largest absolute Gasteiger partial charge is 0.345 e. The maximum Gasteiger partial charge on any atom is 0.251 e. The molecular formula is C21H18FN5OS. The summed E-state index contributed by atoms with van der Waals surface area (Å²) in [7, 11) is 0. The molecule has 0 saturated carbocycles. The summed E-state index contributed by atoms with van der Waals surface area (Å²) in [5, 5.41) is 18.1. The van der Waals surface area contributed by atoms with Gasteiger partial charge in [-0.05, 0) is 82.1 Å². The number of aromatic nitrogens is 4. The molecule has 4 rings (SSSR count). The third-order valence-corrected chi connectivity index (χ3v) is 5.32. The minimum Gasteiger partial charge on any atom is -0.345 e. The molecule has 0 aliphatic carbocycles. The summed E-state index contributed by atoms with van der Waals surface area (Å²) in [6.07, 6.45) is 1.43. The number of carbonyl (C=O) groups is 1. The molecule has 0 saturated heterocycles. The van der Waals surface area contributed by atoms with Gasteiger partial charge < -0.3 is 5.32 Å². The summed E-state index contributed by atoms with van der Waals surface area (Å²) in [5.41, 5.74) is 3.81. The van der Waals surface area contributed by atoms with Crippen molar-refractivity contribution in [2.75, 3.05) is 0 Å². The molecule has 0 spiro atoms. The fraction of sp³-hybridized carbons (Fsp3) is 0.143. The third-order valence-electron chi connectivity index (χ3n) is 4.62. The molecule has 0 aliphatic heterocycles. The van der Waals surface area contributed by atoms with Crippen LogP contribution in [0.25, 0.3) is 16.8 Å². The van der Waals surface area contributed by atoms with Crippen LogP contribution in [-0.2, 0) is 0 Å². The number of aryl methyl sites for hydroxylation is 1. The predicted octanol–water partition coefficient (Wildman–Crippen LogP) is 4.33. The van der Waals surface area contributed by atoms with E-state index in [2.05, 4.69) is 20.8 Å². The summed E-state index contributed by atoms with van der Waals surface area (Å²) in [6.45, 7) is 3.75. The maximum absolute atomic E-state index is 14.6. The van der Waals surface area contributed by atoms with Gasteiger partial charge in [0.25, 0.3) is 5.91 Å². The van der Waals surface area contributed by atoms with E-state index in [1.54, 1.807) is 35.6 Å². The lowest BCUT2D eigenvalue weighted by Crippen LogP contribution is -2.26. The van der Waals surface area contributed by atoms with Gasteiger partial charge in [-0.25, -0.2) is 9.07 Å². The lowest BCUT2D eigenvalue weighted by atomic mass is 9.99. The molecular weight excluding hydrogens is 389 g/mol. The standard InChI is InChI=1S/C21H18FN5OS/c1-13-3-4-19(20(22)7-13)16-8-17(10-18(9-16)27-12-23-25-26-27)21(28)24-14(2)15-5-6-29-11-15/h3-12,14H,1-2H3,(H,24,28). The van der Waals surface area contributed by atoms with Gasteiger partial charge in [-0.1, -0.05) is 12.1 Å². The molecule has 0 aliphatic rings. The van der Waals surface area contributed by atoms with Crippen molar-refractivity contribution in [2.45, 2.75) is 19.9 Å². The number of tetrazole rings is 1. The molecule has 29 heavy (non-hydrogen) atoms. The van der Waals surface area contributed by atoms with Crippen molar-refractivity contribution in [2.24, 2.45) is 0 Å². The fourth-order valence-electron chi connectivity index (χ4n) is 3.05. The van der Waals surface area contributed by atoms with Crippen LogP contribution < -0.4 is 5.32 Å². The molecule has 0 fully saturated rings. The van der Waals surface area contributed by atoms with Crippen LogP contribution in [0.1, 0.15) is 34.5 Å². The number of hydrogen-bond donors (Lipinski definition) is 1. The number of carbonyl (C=O) groups excluding carboxylic acids is 1. The van der Waals surface area contributed by atoms with Gasteiger partial charge in [0.1, 0.15) is 12.1 Å². The van der Waals surface area contributed by atoms with Crippen LogP contribution in [0.5, 0.6) is 0 Å². The Morgan fingerprint density at radius 3 is 2.76 bits per heavy atom. The number of thiophene rings is 1. The second-order valence-electron chi connectivity index (χ2n) is 6.76. The number of benzene rings is 2. The zero-order valence-electron chi connectivity index (χ0n) is 15.8. The first-order valence-corrected chi connectivity index (χ1v) is 9.93. The van der Waals surface area contributed by atoms with Crippen molar-refractivity contribution in [3.63, 3.8) is 0 Å². The van der Waals surface area contributed by atoms with Crippen molar-refractivity contribution < 1.29 is 9.18 Å². The van der Waals surface area contributed by atoms with Gasteiger partial charge >= 0.3 is 0 Å². The van der Waals surface area contributed by atoms with E-state index in [-0.39, 0.29) is 17.8 Å². The van der Waals surface area contributed by atoms with Crippen LogP contribution in [-0.4, -0.2) is 26.1 Å². The number of hydrogen-bond acceptors (Lipinski definition) is 5. The molecule has 4 aromatic rings. The second-order valence-corrected chi connectivity index (χ2v) is 7.54. The summed E-state index contributed by atoms with van der Waals surface area (Å²) in [6, 6.07) is 11.9. The molecule has 8 heteroatoms. The first kappa shape index (κ1) is 18.9. The third kappa shape index (κ3) is 4.07. The van der Waals surface area contributed by atoms with Crippen LogP contribution in [0.15, 0.2) is 59.6 Å². The van der Waals surface area contributed by atoms with Gasteiger partial charge in [0.05, 0.1) is 11.7 Å². The Morgan fingerprint density at radius 1 is 1.21 bits per heavy atom. The zero-order chi connectivity index (χ0) is 20.4. The normalized spacial score (nSPS) is 12.0. The highest BCUT2D eigenvalue weighted by Gasteiger charge is 2.16. The molecule has 2 aromatic carbocycles. The van der Waals surface area contributed by atoms with Gasteiger partial charge in [-0.15, -0.1) is 5.10 Å². The topological polar surface area (TPSA) is 72.7 Å². The number of amides is 1. The number of rotatable bonds is 5. The van der Waals surface area contributed by atoms with E-state index in [1.807, 2.05) is 36.7 Å². The highest BCUT2D eigenvalue weighted by molar-refractivity contribution is 7.07. The highest BCUT2D eigenvalue weighted by atomic mass is 32.1. The van der Waals surface area contributed by atoms with Gasteiger partial charge in [-0.2, -0.15) is 11.3 Å². The monoisotopic (exact) mass is 407 g/mol. The highest BCUT2D eigenvalue weighted by Crippen LogP contribution is 2.27. The summed E-state index contributed by atoms with van der Waals surface area (Å²) < 4.78 is 16.0. The summed E-state index contributed by atoms with van der Waals surface area (Å²) in [5.74, 6) is -0.607. The van der Waals surface area contributed by atoms with Crippen molar-refractivity contribution >= 4 is 17.2 Å². The quantitative estimate of drug-likeness (QED) is 0.534. The second kappa shape index (κ2) is 7.92. The van der Waals surface area contributed by atoms with Crippen LogP contribution in [0.3, 0.4) is 0 Å². The summed E-state index contributed by atoms with van der Waals surface area (Å²) in [4.78, 5) is 12.9. The van der Waals surface area contributed by atoms with Crippen molar-refractivity contribution in [1.29, 1.82) is 0 Å². The van der Waals surface area contributed by atoms with Crippen molar-refractivity contribution in [1.82, 2.24) is 25.5 Å². The average molecular weight is 407 g/mol. The Bertz CT molecular complexity index is 1140. The number of nitrogens with zero attached hydrogens (tertiary/aromatic N) is 4. The SMILES string of the molecule is Cc1ccc(-c2cc(C(=O)NC(C)c3ccsc3)cc(-n3cnnn3)c2)c(F)c1. The molecule has 6 nitrogen and oxygen atoms in total. The van der Waals surface area contributed by atoms with E-state index < -0.39 is 0 Å². The van der Waals surface area contributed by atoms with Crippen molar-refractivity contribution in [3.8, 4) is 16.8 Å². The average Bonchev–Trinajstić information content (AvgIpc) is 3.41. The molecule has 1 amide bonds. The number of nitrogens with one attached hydrogen (secondary N) is 1. The molecule has 146 valence electrons. The lowest BCUT2D eigenvalue weighted by molar-refractivity contribution is 0.0940. The van der Waals surface area contributed by atoms with Crippen LogP contribution in [0.4, 0.5) is 4.39 Å². The van der Waals surface area contributed by atoms with Gasteiger partial charge in [0.15, 0.2) is 0 Å². The smallest absolute Gasteiger partial charge is 0.251 e. The van der Waals surface area contributed by atoms with Crippen LogP contribution >= 0.6 is 11.3 Å². The van der Waals surface area contributed by atoms with Gasteiger partial charge in [0, 0.05) is 11.1 Å². The molecule has 1 unspecified atom stereocenters. The predicted molar refractivity (Wildman–Crippen MR) is 109 cm³/mol. The summed E-state index contributed by atoms with van der Waals surface area (Å²) >= 11 is 1.58. The fourth-order valence-corrected chi connectivity index (χ4v) is 3.80. The molecule has 2 aromatic heterocycles. The van der Waals surface area contributed by atoms with E-state index in [9.17, 15) is 9.18 Å². The Hall–Kier alpha value is -3.39. The molecule has 0 bridgehead atoms. The van der Waals surface area contributed by atoms with E-state index >= 15 is 0 Å². The Kier molecular flexibility index (Phi) is 5.18. The van der Waals surface area contributed by atoms with E-state index in [4.69, 9.17) is 0 Å². The first-order valence-electron chi connectivity index (χ1n) is 8.99. The molecule has 1 N–H and O–H groups in total. The van der Waals surface area contributed by atoms with E-state index in [0.717, 1.165) is 11.1 Å². The minimum atomic E-state index is -0.350.